The number of aryl methyl sites for hydroxylation is 1. The number of aliphatic hydroxyl groups is 1. The van der Waals surface area contributed by atoms with Crippen LogP contribution in [0.4, 0.5) is 0 Å². The monoisotopic (exact) mass is 308 g/mol. The summed E-state index contributed by atoms with van der Waals surface area (Å²) in [6.45, 7) is 2.27. The van der Waals surface area contributed by atoms with E-state index in [1.165, 1.54) is 81.1 Å². The summed E-state index contributed by atoms with van der Waals surface area (Å²) in [7, 11) is 0. The molecule has 1 nitrogen and oxygen atoms in total. The van der Waals surface area contributed by atoms with Crippen LogP contribution in [-0.2, 0) is 6.42 Å². The molecule has 1 aliphatic rings. The fourth-order valence-electron chi connectivity index (χ4n) is 3.61. The van der Waals surface area contributed by atoms with Crippen molar-refractivity contribution in [1.29, 1.82) is 0 Å². The molecule has 1 aliphatic carbocycles. The molecule has 2 unspecified atom stereocenters. The lowest BCUT2D eigenvalue weighted by Crippen LogP contribution is -2.21. The Kier molecular flexibility index (Phi) is 7.81. The molecule has 0 radical (unpaired) electrons. The highest BCUT2D eigenvalue weighted by atomic mass is 32.1. The van der Waals surface area contributed by atoms with Crippen LogP contribution in [0.15, 0.2) is 11.4 Å². The van der Waals surface area contributed by atoms with E-state index in [-0.39, 0.29) is 6.10 Å². The van der Waals surface area contributed by atoms with E-state index in [9.17, 15) is 5.11 Å². The molecule has 1 aromatic rings. The molecule has 21 heavy (non-hydrogen) atoms. The van der Waals surface area contributed by atoms with E-state index in [1.54, 1.807) is 0 Å². The van der Waals surface area contributed by atoms with E-state index in [2.05, 4.69) is 18.4 Å². The van der Waals surface area contributed by atoms with Crippen LogP contribution in [0.2, 0.25) is 0 Å². The lowest BCUT2D eigenvalue weighted by atomic mass is 9.82. The quantitative estimate of drug-likeness (QED) is 0.521. The lowest BCUT2D eigenvalue weighted by molar-refractivity contribution is 0.122. The zero-order valence-electron chi connectivity index (χ0n) is 13.7. The van der Waals surface area contributed by atoms with Gasteiger partial charge < -0.3 is 5.11 Å². The van der Waals surface area contributed by atoms with Crippen LogP contribution in [-0.4, -0.2) is 11.2 Å². The van der Waals surface area contributed by atoms with Crippen molar-refractivity contribution < 1.29 is 5.11 Å². The molecule has 0 amide bonds. The van der Waals surface area contributed by atoms with Gasteiger partial charge in [0.05, 0.1) is 6.10 Å². The van der Waals surface area contributed by atoms with Crippen LogP contribution in [0.25, 0.3) is 0 Å². The molecule has 0 spiro atoms. The zero-order chi connectivity index (χ0) is 14.9. The van der Waals surface area contributed by atoms with Gasteiger partial charge in [-0.3, -0.25) is 0 Å². The van der Waals surface area contributed by atoms with E-state index in [0.29, 0.717) is 5.92 Å². The van der Waals surface area contributed by atoms with Crippen molar-refractivity contribution >= 4 is 11.3 Å². The number of fused-ring (bicyclic) bond motifs is 1. The number of hydrogen-bond donors (Lipinski definition) is 1. The van der Waals surface area contributed by atoms with Crippen LogP contribution in [0.1, 0.15) is 93.9 Å². The summed E-state index contributed by atoms with van der Waals surface area (Å²) in [5, 5.41) is 12.7. The minimum Gasteiger partial charge on any atom is -0.392 e. The van der Waals surface area contributed by atoms with E-state index in [0.717, 1.165) is 6.42 Å². The normalized spacial score (nSPS) is 19.4. The minimum absolute atomic E-state index is 0.112. The van der Waals surface area contributed by atoms with Gasteiger partial charge >= 0.3 is 0 Å². The van der Waals surface area contributed by atoms with Gasteiger partial charge in [0.1, 0.15) is 0 Å². The standard InChI is InChI=1S/C19H32OS/c1-2-3-4-5-6-7-8-9-12-18(20)16-11-10-13-19-17(16)14-15-21-19/h14-16,18,20H,2-13H2,1H3. The first kappa shape index (κ1) is 17.0. The molecular weight excluding hydrogens is 276 g/mol. The zero-order valence-corrected chi connectivity index (χ0v) is 14.5. The predicted molar refractivity (Wildman–Crippen MR) is 93.2 cm³/mol. The average Bonchev–Trinajstić information content (AvgIpc) is 2.98. The van der Waals surface area contributed by atoms with E-state index in [4.69, 9.17) is 0 Å². The Morgan fingerprint density at radius 2 is 1.86 bits per heavy atom. The van der Waals surface area contributed by atoms with Crippen molar-refractivity contribution in [2.75, 3.05) is 0 Å². The fraction of sp³-hybridized carbons (Fsp3) is 0.789. The smallest absolute Gasteiger partial charge is 0.0609 e. The average molecular weight is 309 g/mol. The van der Waals surface area contributed by atoms with Gasteiger partial charge in [-0.15, -0.1) is 11.3 Å². The maximum Gasteiger partial charge on any atom is 0.0609 e. The van der Waals surface area contributed by atoms with Crippen LogP contribution >= 0.6 is 11.3 Å². The van der Waals surface area contributed by atoms with Crippen LogP contribution in [0, 0.1) is 0 Å². The summed E-state index contributed by atoms with van der Waals surface area (Å²) in [6.07, 6.45) is 15.3. The molecule has 0 saturated heterocycles. The van der Waals surface area contributed by atoms with Gasteiger partial charge in [0.15, 0.2) is 0 Å². The summed E-state index contributed by atoms with van der Waals surface area (Å²) in [5.41, 5.74) is 1.46. The molecular formula is C19H32OS. The van der Waals surface area contributed by atoms with Gasteiger partial charge in [-0.1, -0.05) is 58.3 Å². The van der Waals surface area contributed by atoms with Gasteiger partial charge in [0.2, 0.25) is 0 Å². The third-order valence-corrected chi connectivity index (χ3v) is 5.91. The Morgan fingerprint density at radius 1 is 1.14 bits per heavy atom. The molecule has 0 aromatic carbocycles. The number of aliphatic hydroxyl groups excluding tert-OH is 1. The summed E-state index contributed by atoms with van der Waals surface area (Å²) >= 11 is 1.88. The van der Waals surface area contributed by atoms with Crippen molar-refractivity contribution in [2.45, 2.75) is 96.0 Å². The molecule has 0 bridgehead atoms. The summed E-state index contributed by atoms with van der Waals surface area (Å²) in [6, 6.07) is 2.25. The molecule has 1 aromatic heterocycles. The number of unbranched alkanes of at least 4 members (excludes halogenated alkanes) is 7. The molecule has 2 rings (SSSR count). The number of thiophene rings is 1. The van der Waals surface area contributed by atoms with Crippen molar-refractivity contribution in [3.63, 3.8) is 0 Å². The summed E-state index contributed by atoms with van der Waals surface area (Å²) in [4.78, 5) is 1.53. The third-order valence-electron chi connectivity index (χ3n) is 4.92. The first-order valence-corrected chi connectivity index (χ1v) is 9.95. The molecule has 1 N–H and O–H groups in total. The lowest BCUT2D eigenvalue weighted by Gasteiger charge is -2.27. The first-order valence-electron chi connectivity index (χ1n) is 9.07. The fourth-order valence-corrected chi connectivity index (χ4v) is 4.61. The highest BCUT2D eigenvalue weighted by Crippen LogP contribution is 2.38. The Balaban J connectivity index is 1.59. The molecule has 1 heterocycles. The van der Waals surface area contributed by atoms with Gasteiger partial charge in [-0.05, 0) is 42.7 Å². The number of rotatable bonds is 10. The molecule has 0 fully saturated rings. The summed E-state index contributed by atoms with van der Waals surface area (Å²) < 4.78 is 0. The first-order chi connectivity index (χ1) is 10.3. The SMILES string of the molecule is CCCCCCCCCCC(O)C1CCCc2sccc21. The van der Waals surface area contributed by atoms with Crippen LogP contribution < -0.4 is 0 Å². The molecule has 0 aliphatic heterocycles. The van der Waals surface area contributed by atoms with E-state index >= 15 is 0 Å². The Morgan fingerprint density at radius 3 is 2.62 bits per heavy atom. The highest BCUT2D eigenvalue weighted by Gasteiger charge is 2.26. The maximum absolute atomic E-state index is 10.5. The Hall–Kier alpha value is -0.340. The van der Waals surface area contributed by atoms with Gasteiger partial charge in [0.25, 0.3) is 0 Å². The van der Waals surface area contributed by atoms with Crippen LogP contribution in [0.3, 0.4) is 0 Å². The second-order valence-electron chi connectivity index (χ2n) is 6.63. The van der Waals surface area contributed by atoms with Gasteiger partial charge in [-0.25, -0.2) is 0 Å². The van der Waals surface area contributed by atoms with Crippen molar-refractivity contribution in [2.24, 2.45) is 0 Å². The van der Waals surface area contributed by atoms with Crippen molar-refractivity contribution in [3.05, 3.63) is 21.9 Å². The predicted octanol–water partition coefficient (Wildman–Crippen LogP) is 6.06. The van der Waals surface area contributed by atoms with Crippen molar-refractivity contribution in [1.82, 2.24) is 0 Å². The molecule has 0 saturated carbocycles. The maximum atomic E-state index is 10.5. The minimum atomic E-state index is -0.112. The summed E-state index contributed by atoms with van der Waals surface area (Å²) in [5.74, 6) is 0.421. The highest BCUT2D eigenvalue weighted by molar-refractivity contribution is 7.10. The van der Waals surface area contributed by atoms with Crippen LogP contribution in [0.5, 0.6) is 0 Å². The van der Waals surface area contributed by atoms with Gasteiger partial charge in [0, 0.05) is 10.8 Å². The molecule has 2 atom stereocenters. The Labute approximate surface area is 134 Å². The van der Waals surface area contributed by atoms with E-state index in [1.807, 2.05) is 11.3 Å². The van der Waals surface area contributed by atoms with Crippen molar-refractivity contribution in [3.8, 4) is 0 Å². The Bertz CT molecular complexity index is 385. The second-order valence-corrected chi connectivity index (χ2v) is 7.63. The molecule has 2 heteroatoms. The number of hydrogen-bond acceptors (Lipinski definition) is 2. The largest absolute Gasteiger partial charge is 0.392 e. The van der Waals surface area contributed by atoms with E-state index < -0.39 is 0 Å². The third kappa shape index (κ3) is 5.41. The topological polar surface area (TPSA) is 20.2 Å². The molecule has 120 valence electrons. The van der Waals surface area contributed by atoms with Gasteiger partial charge in [-0.2, -0.15) is 0 Å². The second kappa shape index (κ2) is 9.63.